The van der Waals surface area contributed by atoms with Crippen molar-refractivity contribution in [1.82, 2.24) is 4.31 Å². The maximum Gasteiger partial charge on any atom is 0.271 e. The fraction of sp³-hybridized carbons (Fsp3) is 0.286. The van der Waals surface area contributed by atoms with Gasteiger partial charge in [-0.05, 0) is 29.6 Å². The first kappa shape index (κ1) is 18.1. The monoisotopic (exact) mass is 404 g/mol. The Kier molecular flexibility index (Phi) is 5.02. The lowest BCUT2D eigenvalue weighted by molar-refractivity contribution is 0.0730. The lowest BCUT2D eigenvalue weighted by Gasteiger charge is -2.26. The van der Waals surface area contributed by atoms with Gasteiger partial charge in [0.1, 0.15) is 9.96 Å². The molecule has 1 aromatic carbocycles. The van der Waals surface area contributed by atoms with Crippen LogP contribution in [-0.4, -0.2) is 52.6 Å². The Morgan fingerprint density at radius 1 is 1.12 bits per heavy atom. The average molecular weight is 404 g/mol. The van der Waals surface area contributed by atoms with Crippen molar-refractivity contribution in [3.05, 3.63) is 35.7 Å². The quantitative estimate of drug-likeness (QED) is 0.726. The number of hydrogen-bond acceptors (Lipinski definition) is 7. The molecule has 1 aliphatic rings. The molecule has 2 aromatic rings. The number of aromatic hydroxyl groups is 1. The molecule has 136 valence electrons. The molecule has 0 spiro atoms. The van der Waals surface area contributed by atoms with E-state index in [1.165, 1.54) is 16.4 Å². The molecule has 0 saturated carbocycles. The van der Waals surface area contributed by atoms with Gasteiger partial charge in [0.15, 0.2) is 0 Å². The van der Waals surface area contributed by atoms with Gasteiger partial charge in [-0.3, -0.25) is 4.72 Å². The number of nitrogens with zero attached hydrogens (tertiary/aromatic N) is 1. The second-order valence-corrected chi connectivity index (χ2v) is 10.0. The van der Waals surface area contributed by atoms with Crippen LogP contribution in [0, 0.1) is 0 Å². The molecule has 1 fully saturated rings. The average Bonchev–Trinajstić information content (AvgIpc) is 3.13. The van der Waals surface area contributed by atoms with Crippen LogP contribution in [0.4, 0.5) is 5.69 Å². The summed E-state index contributed by atoms with van der Waals surface area (Å²) in [5.74, 6) is -0.360. The third kappa shape index (κ3) is 3.80. The number of hydrogen-bond donors (Lipinski definition) is 2. The van der Waals surface area contributed by atoms with E-state index in [9.17, 15) is 21.9 Å². The second-order valence-electron chi connectivity index (χ2n) is 5.23. The molecule has 1 aromatic heterocycles. The summed E-state index contributed by atoms with van der Waals surface area (Å²) in [7, 11) is -7.70. The van der Waals surface area contributed by atoms with Crippen LogP contribution in [0.25, 0.3) is 0 Å². The fourth-order valence-corrected chi connectivity index (χ4v) is 5.80. The molecule has 0 atom stereocenters. The number of ether oxygens (including phenoxy) is 1. The fourth-order valence-electron chi connectivity index (χ4n) is 2.30. The summed E-state index contributed by atoms with van der Waals surface area (Å²) in [5.41, 5.74) is -0.192. The van der Waals surface area contributed by atoms with Gasteiger partial charge in [0.2, 0.25) is 10.0 Å². The van der Waals surface area contributed by atoms with Crippen molar-refractivity contribution in [3.63, 3.8) is 0 Å². The Morgan fingerprint density at radius 3 is 2.48 bits per heavy atom. The van der Waals surface area contributed by atoms with Crippen LogP contribution >= 0.6 is 11.3 Å². The first-order valence-corrected chi connectivity index (χ1v) is 11.1. The first-order valence-electron chi connectivity index (χ1n) is 7.28. The largest absolute Gasteiger partial charge is 0.506 e. The molecule has 0 radical (unpaired) electrons. The Hall–Kier alpha value is -1.66. The highest BCUT2D eigenvalue weighted by molar-refractivity contribution is 7.94. The van der Waals surface area contributed by atoms with E-state index in [2.05, 4.69) is 4.72 Å². The number of rotatable bonds is 5. The lowest BCUT2D eigenvalue weighted by Crippen LogP contribution is -2.40. The van der Waals surface area contributed by atoms with Gasteiger partial charge in [-0.25, -0.2) is 16.8 Å². The highest BCUT2D eigenvalue weighted by atomic mass is 32.2. The Balaban J connectivity index is 1.93. The minimum Gasteiger partial charge on any atom is -0.506 e. The Morgan fingerprint density at radius 2 is 1.84 bits per heavy atom. The van der Waals surface area contributed by atoms with E-state index in [4.69, 9.17) is 4.74 Å². The molecular weight excluding hydrogens is 388 g/mol. The molecule has 0 amide bonds. The zero-order chi connectivity index (χ0) is 18.1. The van der Waals surface area contributed by atoms with E-state index in [1.807, 2.05) is 0 Å². The van der Waals surface area contributed by atoms with Gasteiger partial charge < -0.3 is 9.84 Å². The van der Waals surface area contributed by atoms with Crippen molar-refractivity contribution in [2.75, 3.05) is 31.0 Å². The van der Waals surface area contributed by atoms with Gasteiger partial charge in [-0.2, -0.15) is 4.31 Å². The zero-order valence-corrected chi connectivity index (χ0v) is 15.4. The number of anilines is 1. The molecule has 1 aliphatic heterocycles. The van der Waals surface area contributed by atoms with E-state index in [1.54, 1.807) is 11.4 Å². The minimum atomic E-state index is -3.90. The summed E-state index contributed by atoms with van der Waals surface area (Å²) in [4.78, 5) is -0.101. The van der Waals surface area contributed by atoms with Gasteiger partial charge >= 0.3 is 0 Å². The van der Waals surface area contributed by atoms with Gasteiger partial charge in [-0.15, -0.1) is 11.3 Å². The SMILES string of the molecule is O=S(=O)(Nc1cc(S(=O)(=O)N2CCOCC2)ccc1O)c1cccs1. The summed E-state index contributed by atoms with van der Waals surface area (Å²) in [5, 5.41) is 11.5. The predicted octanol–water partition coefficient (Wildman–Crippen LogP) is 1.28. The van der Waals surface area contributed by atoms with Crippen LogP contribution < -0.4 is 4.72 Å². The van der Waals surface area contributed by atoms with Crippen LogP contribution in [0.3, 0.4) is 0 Å². The van der Waals surface area contributed by atoms with Crippen molar-refractivity contribution >= 4 is 37.1 Å². The van der Waals surface area contributed by atoms with Crippen LogP contribution in [0.2, 0.25) is 0 Å². The van der Waals surface area contributed by atoms with E-state index in [0.29, 0.717) is 13.2 Å². The van der Waals surface area contributed by atoms with Crippen molar-refractivity contribution in [2.45, 2.75) is 9.10 Å². The summed E-state index contributed by atoms with van der Waals surface area (Å²) < 4.78 is 58.6. The van der Waals surface area contributed by atoms with Gasteiger partial charge in [0.05, 0.1) is 23.8 Å². The molecule has 25 heavy (non-hydrogen) atoms. The number of benzene rings is 1. The Bertz CT molecular complexity index is 948. The van der Waals surface area contributed by atoms with Gasteiger partial charge in [-0.1, -0.05) is 6.07 Å². The highest BCUT2D eigenvalue weighted by Crippen LogP contribution is 2.30. The molecule has 2 heterocycles. The summed E-state index contributed by atoms with van der Waals surface area (Å²) >= 11 is 1.01. The van der Waals surface area contributed by atoms with Crippen molar-refractivity contribution < 1.29 is 26.7 Å². The van der Waals surface area contributed by atoms with E-state index in [-0.39, 0.29) is 33.6 Å². The third-order valence-corrected chi connectivity index (χ3v) is 8.24. The van der Waals surface area contributed by atoms with Crippen LogP contribution in [-0.2, 0) is 24.8 Å². The molecule has 11 heteroatoms. The van der Waals surface area contributed by atoms with Crippen LogP contribution in [0.5, 0.6) is 5.75 Å². The van der Waals surface area contributed by atoms with Gasteiger partial charge in [0.25, 0.3) is 10.0 Å². The van der Waals surface area contributed by atoms with E-state index in [0.717, 1.165) is 23.5 Å². The maximum absolute atomic E-state index is 12.7. The smallest absolute Gasteiger partial charge is 0.271 e. The molecule has 2 N–H and O–H groups in total. The normalized spacial score (nSPS) is 16.6. The molecular formula is C14H16N2O6S3. The second kappa shape index (κ2) is 6.92. The summed E-state index contributed by atoms with van der Waals surface area (Å²) in [6, 6.07) is 6.50. The molecule has 0 bridgehead atoms. The van der Waals surface area contributed by atoms with Crippen LogP contribution in [0.1, 0.15) is 0 Å². The highest BCUT2D eigenvalue weighted by Gasteiger charge is 2.27. The number of nitrogens with one attached hydrogen (secondary N) is 1. The minimum absolute atomic E-state index is 0.0633. The lowest BCUT2D eigenvalue weighted by atomic mass is 10.3. The van der Waals surface area contributed by atoms with E-state index >= 15 is 0 Å². The molecule has 8 nitrogen and oxygen atoms in total. The summed E-state index contributed by atoms with van der Waals surface area (Å²) in [6.07, 6.45) is 0. The molecule has 0 aliphatic carbocycles. The summed E-state index contributed by atoms with van der Waals surface area (Å²) in [6.45, 7) is 1.04. The Labute approximate surface area is 149 Å². The van der Waals surface area contributed by atoms with Crippen molar-refractivity contribution in [3.8, 4) is 5.75 Å². The van der Waals surface area contributed by atoms with Crippen molar-refractivity contribution in [1.29, 1.82) is 0 Å². The van der Waals surface area contributed by atoms with E-state index < -0.39 is 20.0 Å². The predicted molar refractivity (Wildman–Crippen MR) is 92.8 cm³/mol. The number of morpholine rings is 1. The number of sulfonamides is 2. The standard InChI is InChI=1S/C14H16N2O6S3/c17-13-4-3-11(25(20,21)16-5-7-22-8-6-16)10-12(13)15-24(18,19)14-2-1-9-23-14/h1-4,9-10,15,17H,5-8H2. The zero-order valence-electron chi connectivity index (χ0n) is 13.0. The number of phenols is 1. The van der Waals surface area contributed by atoms with Crippen molar-refractivity contribution in [2.24, 2.45) is 0 Å². The molecule has 3 rings (SSSR count). The molecule has 1 saturated heterocycles. The number of thiophene rings is 1. The molecule has 0 unspecified atom stereocenters. The first-order chi connectivity index (χ1) is 11.8. The number of phenolic OH excluding ortho intramolecular Hbond substituents is 1. The van der Waals surface area contributed by atoms with Gasteiger partial charge in [0, 0.05) is 13.1 Å². The third-order valence-electron chi connectivity index (χ3n) is 3.58. The van der Waals surface area contributed by atoms with Crippen LogP contribution in [0.15, 0.2) is 44.8 Å². The topological polar surface area (TPSA) is 113 Å². The maximum atomic E-state index is 12.7.